The molecule has 5 N–H and O–H groups in total. The molecule has 0 aromatic heterocycles. The van der Waals surface area contributed by atoms with Crippen LogP contribution in [0.2, 0.25) is 0 Å². The van der Waals surface area contributed by atoms with E-state index < -0.39 is 161 Å². The summed E-state index contributed by atoms with van der Waals surface area (Å²) in [6.07, 6.45) is 2.73. The van der Waals surface area contributed by atoms with Crippen molar-refractivity contribution < 1.29 is 62.6 Å². The van der Waals surface area contributed by atoms with Crippen LogP contribution in [0.1, 0.15) is 156 Å². The summed E-state index contributed by atoms with van der Waals surface area (Å²) in [4.78, 5) is 169. The monoisotopic (exact) mass is 1230 g/mol. The Bertz CT molecular complexity index is 2400. The molecular formula is C63H113N11O13. The van der Waals surface area contributed by atoms with Gasteiger partial charge in [0.25, 0.3) is 0 Å². The number of aliphatic hydroxyl groups excluding tert-OH is 1. The molecule has 24 heteroatoms. The number of hydrogen-bond acceptors (Lipinski definition) is 13. The first-order valence-corrected chi connectivity index (χ1v) is 31.0. The molecule has 11 amide bonds. The second-order valence-corrected chi connectivity index (χ2v) is 26.6. The predicted molar refractivity (Wildman–Crippen MR) is 335 cm³/mol. The number of likely N-dealkylation sites (N-methyl/N-ethyl adjacent to an activating group) is 7. The minimum atomic E-state index is -1.63. The Hall–Kier alpha value is -6.17. The Balaban J connectivity index is 4.37. The average molecular weight is 1230 g/mol. The van der Waals surface area contributed by atoms with Gasteiger partial charge in [0.05, 0.1) is 18.2 Å². The highest BCUT2D eigenvalue weighted by Gasteiger charge is 2.46. The van der Waals surface area contributed by atoms with Crippen LogP contribution < -0.4 is 21.3 Å². The maximum Gasteiger partial charge on any atom is 0.246 e. The fourth-order valence-electron chi connectivity index (χ4n) is 10.7. The van der Waals surface area contributed by atoms with Gasteiger partial charge in [-0.25, -0.2) is 0 Å². The van der Waals surface area contributed by atoms with Crippen molar-refractivity contribution in [3.05, 3.63) is 12.2 Å². The Labute approximate surface area is 520 Å². The maximum absolute atomic E-state index is 15.2. The quantitative estimate of drug-likeness (QED) is 0.139. The normalized spacial score (nSPS) is 26.7. The molecule has 498 valence electrons. The van der Waals surface area contributed by atoms with Crippen LogP contribution in [0.15, 0.2) is 12.2 Å². The number of nitrogens with zero attached hydrogens (tertiary/aromatic N) is 7. The van der Waals surface area contributed by atoms with E-state index in [-0.39, 0.29) is 49.9 Å². The second kappa shape index (κ2) is 35.1. The van der Waals surface area contributed by atoms with Crippen molar-refractivity contribution in [3.8, 4) is 0 Å². The largest absolute Gasteiger partial charge is 0.390 e. The smallest absolute Gasteiger partial charge is 0.246 e. The summed E-state index contributed by atoms with van der Waals surface area (Å²) >= 11 is 0. The van der Waals surface area contributed by atoms with E-state index in [0.29, 0.717) is 6.42 Å². The van der Waals surface area contributed by atoms with E-state index in [9.17, 15) is 48.3 Å². The molecule has 0 saturated carbocycles. The van der Waals surface area contributed by atoms with Crippen molar-refractivity contribution in [2.24, 2.45) is 35.5 Å². The first-order valence-electron chi connectivity index (χ1n) is 31.0. The van der Waals surface area contributed by atoms with Crippen LogP contribution in [0.3, 0.4) is 0 Å². The zero-order valence-electron chi connectivity index (χ0n) is 57.4. The second-order valence-electron chi connectivity index (χ2n) is 26.6. The molecule has 1 heterocycles. The van der Waals surface area contributed by atoms with Gasteiger partial charge in [-0.3, -0.25) is 52.7 Å². The number of aliphatic hydroxyl groups is 1. The van der Waals surface area contributed by atoms with Crippen LogP contribution in [0, 0.1) is 35.5 Å². The first-order chi connectivity index (χ1) is 40.1. The Morgan fingerprint density at radius 3 is 1.44 bits per heavy atom. The average Bonchev–Trinajstić information content (AvgIpc) is 1.91. The minimum absolute atomic E-state index is 0.00370. The third-order valence-electron chi connectivity index (χ3n) is 16.6. The molecule has 1 saturated heterocycles. The molecule has 0 radical (unpaired) electrons. The number of hydrogen-bond donors (Lipinski definition) is 5. The van der Waals surface area contributed by atoms with E-state index in [1.165, 1.54) is 89.9 Å². The summed E-state index contributed by atoms with van der Waals surface area (Å²) < 4.78 is 5.71. The number of carbonyl (C=O) groups is 11. The summed E-state index contributed by atoms with van der Waals surface area (Å²) in [5, 5.41) is 23.1. The molecule has 0 aliphatic carbocycles. The van der Waals surface area contributed by atoms with Crippen molar-refractivity contribution in [3.63, 3.8) is 0 Å². The van der Waals surface area contributed by atoms with Gasteiger partial charge in [-0.1, -0.05) is 95.2 Å². The van der Waals surface area contributed by atoms with E-state index in [1.54, 1.807) is 74.5 Å². The molecule has 12 atom stereocenters. The predicted octanol–water partition coefficient (Wildman–Crippen LogP) is 3.04. The summed E-state index contributed by atoms with van der Waals surface area (Å²) in [5.41, 5.74) is -1.01. The van der Waals surface area contributed by atoms with Gasteiger partial charge in [-0.05, 0) is 102 Å². The van der Waals surface area contributed by atoms with E-state index in [2.05, 4.69) is 21.3 Å². The third-order valence-corrected chi connectivity index (χ3v) is 16.6. The van der Waals surface area contributed by atoms with Crippen molar-refractivity contribution in [2.75, 3.05) is 63.0 Å². The van der Waals surface area contributed by atoms with E-state index in [0.717, 1.165) is 14.7 Å². The Morgan fingerprint density at radius 1 is 0.529 bits per heavy atom. The molecule has 24 nitrogen and oxygen atoms in total. The number of amides is 11. The van der Waals surface area contributed by atoms with Gasteiger partial charge in [0.2, 0.25) is 65.0 Å². The van der Waals surface area contributed by atoms with Crippen molar-refractivity contribution in [1.82, 2.24) is 55.6 Å². The summed E-state index contributed by atoms with van der Waals surface area (Å²) in [6, 6.07) is -12.7. The lowest BCUT2D eigenvalue weighted by Gasteiger charge is -2.41. The topological polar surface area (TPSA) is 288 Å². The van der Waals surface area contributed by atoms with Gasteiger partial charge in [0, 0.05) is 62.9 Å². The van der Waals surface area contributed by atoms with Crippen LogP contribution in [0.25, 0.3) is 0 Å². The number of carbonyl (C=O) groups excluding carboxylic acids is 11. The number of methoxy groups -OCH3 is 1. The molecule has 1 fully saturated rings. The van der Waals surface area contributed by atoms with Gasteiger partial charge in [-0.2, -0.15) is 0 Å². The molecule has 0 aromatic rings. The molecule has 87 heavy (non-hydrogen) atoms. The first kappa shape index (κ1) is 78.8. The maximum atomic E-state index is 15.2. The van der Waals surface area contributed by atoms with Crippen LogP contribution in [-0.2, 0) is 57.5 Å². The standard InChI is InChI=1S/C63H113N11O13/c1-26-28-29-40(13)52(76)51-56(80)66-43(27-2)58(82)68(18)34-48(75)69(19)47(33-63(16,17)87-25)55(79)67-49(38(9)10)61(85)70(20)44(30-35(3)4)54(78)64-41(14)53(77)65-42(15)57(81)71(21)45(31-36(5)6)59(83)72(22)46(32-37(7)8)60(84)73(23)50(39(11)12)62(86)74(51)24/h26,28,35-47,49-52,76H,27,29-34H2,1-25H3,(H,64,78)(H,65,77)(H,66,80)(H,67,79)/b28-26+/t40-,41+,42-,43+,44+,45+,46+,47+,49+,50+,51+,52-/m1/s1. The van der Waals surface area contributed by atoms with Crippen molar-refractivity contribution in [1.29, 1.82) is 0 Å². The lowest BCUT2D eigenvalue weighted by atomic mass is 9.91. The minimum Gasteiger partial charge on any atom is -0.390 e. The molecule has 1 aliphatic rings. The van der Waals surface area contributed by atoms with Crippen LogP contribution in [0.4, 0.5) is 0 Å². The lowest BCUT2D eigenvalue weighted by Crippen LogP contribution is -2.63. The summed E-state index contributed by atoms with van der Waals surface area (Å²) in [5.74, 6) is -9.92. The zero-order valence-corrected chi connectivity index (χ0v) is 57.4. The molecule has 1 aliphatic heterocycles. The number of nitrogens with one attached hydrogen (secondary N) is 4. The third kappa shape index (κ3) is 22.1. The summed E-state index contributed by atoms with van der Waals surface area (Å²) in [6.45, 7) is 28.9. The van der Waals surface area contributed by atoms with E-state index in [1.807, 2.05) is 41.5 Å². The molecular weight excluding hydrogens is 1120 g/mol. The molecule has 1 rings (SSSR count). The van der Waals surface area contributed by atoms with Gasteiger partial charge in [0.1, 0.15) is 60.4 Å². The van der Waals surface area contributed by atoms with Crippen molar-refractivity contribution in [2.45, 2.75) is 228 Å². The molecule has 0 unspecified atom stereocenters. The van der Waals surface area contributed by atoms with Gasteiger partial charge < -0.3 is 65.4 Å². The zero-order chi connectivity index (χ0) is 67.6. The SMILES string of the molecule is C/C=C/C[C@@H](C)[C@@H](O)[C@H]1C(=O)N[C@@H](CC)C(=O)N(C)CC(=O)N(C)[C@@H](CC(C)(C)OC)C(=O)N[C@@H](C(C)C)C(=O)N(C)[C@@H](CC(C)C)C(=O)N[C@@H](C)C(=O)N[C@H](C)C(=O)N(C)[C@@H](CC(C)C)C(=O)N(C)[C@@H](CC(C)C)C(=O)N(C)[C@@H](C(C)C)C(=O)N1C. The van der Waals surface area contributed by atoms with E-state index >= 15 is 9.59 Å². The van der Waals surface area contributed by atoms with Crippen LogP contribution in [0.5, 0.6) is 0 Å². The van der Waals surface area contributed by atoms with Gasteiger partial charge >= 0.3 is 0 Å². The number of ether oxygens (including phenoxy) is 1. The molecule has 0 aromatic carbocycles. The number of rotatable bonds is 16. The van der Waals surface area contributed by atoms with Gasteiger partial charge in [0.15, 0.2) is 0 Å². The van der Waals surface area contributed by atoms with Crippen LogP contribution >= 0.6 is 0 Å². The highest BCUT2D eigenvalue weighted by atomic mass is 16.5. The molecule has 0 bridgehead atoms. The fraction of sp³-hybridized carbons (Fsp3) is 0.794. The fourth-order valence-corrected chi connectivity index (χ4v) is 10.7. The lowest BCUT2D eigenvalue weighted by molar-refractivity contribution is -0.157. The highest BCUT2D eigenvalue weighted by molar-refractivity contribution is 5.99. The van der Waals surface area contributed by atoms with Crippen LogP contribution in [-0.4, -0.2) is 239 Å². The number of allylic oxidation sites excluding steroid dienone is 2. The molecule has 0 spiro atoms. The highest BCUT2D eigenvalue weighted by Crippen LogP contribution is 2.26. The summed E-state index contributed by atoms with van der Waals surface area (Å²) in [7, 11) is 11.3. The van der Waals surface area contributed by atoms with E-state index in [4.69, 9.17) is 4.74 Å². The Kier molecular flexibility index (Phi) is 31.8. The Morgan fingerprint density at radius 2 is 0.977 bits per heavy atom. The van der Waals surface area contributed by atoms with Crippen molar-refractivity contribution >= 4 is 65.0 Å². The van der Waals surface area contributed by atoms with Gasteiger partial charge in [-0.15, -0.1) is 0 Å².